The smallest absolute Gasteiger partial charge is 0.178 e. The number of rotatable bonds is 9. The zero-order valence-electron chi connectivity index (χ0n) is 27.2. The maximum absolute atomic E-state index is 2.75. The van der Waals surface area contributed by atoms with Crippen LogP contribution in [0.2, 0.25) is 0 Å². The third kappa shape index (κ3) is 9.18. The molecule has 7 rings (SSSR count). The molecule has 5 aromatic rings. The minimum absolute atomic E-state index is 0. The third-order valence-corrected chi connectivity index (χ3v) is 13.8. The van der Waals surface area contributed by atoms with Gasteiger partial charge in [-0.25, -0.2) is 0 Å². The zero-order chi connectivity index (χ0) is 31.4. The van der Waals surface area contributed by atoms with Gasteiger partial charge in [0.05, 0.1) is 0 Å². The van der Waals surface area contributed by atoms with Crippen LogP contribution >= 0.6 is 15.6 Å². The van der Waals surface area contributed by atoms with Crippen LogP contribution in [0.25, 0.3) is 0 Å². The van der Waals surface area contributed by atoms with Crippen molar-refractivity contribution in [1.29, 1.82) is 0 Å². The van der Waals surface area contributed by atoms with E-state index in [1.165, 1.54) is 69.8 Å². The summed E-state index contributed by atoms with van der Waals surface area (Å²) < 4.78 is 2.75. The van der Waals surface area contributed by atoms with Crippen LogP contribution in [-0.2, 0) is 23.6 Å². The van der Waals surface area contributed by atoms with Gasteiger partial charge in [-0.15, -0.1) is 0 Å². The van der Waals surface area contributed by atoms with Crippen molar-refractivity contribution < 1.29 is 17.1 Å². The number of benzene rings is 5. The van der Waals surface area contributed by atoms with Crippen molar-refractivity contribution in [2.45, 2.75) is 51.6 Å². The first-order valence-corrected chi connectivity index (χ1v) is 19.3. The molecule has 0 amide bonds. The average molecular weight is 693 g/mol. The van der Waals surface area contributed by atoms with Crippen LogP contribution in [0, 0.1) is 0 Å². The molecular formula is C43H44FeNP2+. The second-order valence-corrected chi connectivity index (χ2v) is 16.2. The molecule has 0 unspecified atom stereocenters. The molecule has 0 aromatic heterocycles. The largest absolute Gasteiger partial charge is 0.263 e. The fourth-order valence-corrected chi connectivity index (χ4v) is 11.5. The van der Waals surface area contributed by atoms with Crippen molar-refractivity contribution in [3.8, 4) is 0 Å². The summed E-state index contributed by atoms with van der Waals surface area (Å²) in [6.45, 7) is 3.28. The van der Waals surface area contributed by atoms with Crippen molar-refractivity contribution in [2.75, 3.05) is 0 Å². The Morgan fingerprint density at radius 2 is 0.979 bits per heavy atom. The van der Waals surface area contributed by atoms with Gasteiger partial charge in [-0.1, -0.05) is 172 Å². The Kier molecular flexibility index (Phi) is 13.6. The maximum Gasteiger partial charge on any atom is 0.178 e. The molecule has 0 bridgehead atoms. The summed E-state index contributed by atoms with van der Waals surface area (Å²) in [5.41, 5.74) is 2.75. The molecule has 0 saturated heterocycles. The minimum atomic E-state index is -0.782. The molecule has 238 valence electrons. The van der Waals surface area contributed by atoms with Gasteiger partial charge in [-0.2, -0.15) is 0 Å². The first kappa shape index (κ1) is 35.0. The third-order valence-electron chi connectivity index (χ3n) is 8.69. The molecule has 0 heterocycles. The molecule has 2 aliphatic carbocycles. The Balaban J connectivity index is 0.000000662. The zero-order valence-corrected chi connectivity index (χ0v) is 30.1. The summed E-state index contributed by atoms with van der Waals surface area (Å²) in [6.07, 6.45) is 14.5. The van der Waals surface area contributed by atoms with Crippen molar-refractivity contribution in [3.05, 3.63) is 181 Å². The van der Waals surface area contributed by atoms with Gasteiger partial charge in [-0.3, -0.25) is 4.67 Å². The number of allylic oxidation sites excluding steroid dienone is 3. The van der Waals surface area contributed by atoms with Gasteiger partial charge in [0.2, 0.25) is 0 Å². The average Bonchev–Trinajstić information content (AvgIpc) is 3.87. The standard InChI is InChI=1S/C38H34NP2.C5H10.Fe/c1-31(37-28-17-29-38(37)40(33-20-9-3-10-21-33)34-22-11-4-12-23-34)39(30-32-18-7-2-8-19-32)41(35-24-13-5-14-25-35)36-26-15-6-16-27-36;1-2-4-5-3-1;/h2-29,31H,30H2,1H3;1-5H2;/q+1;;/t31-;;/m0../s1. The molecule has 4 heteroatoms. The van der Waals surface area contributed by atoms with Crippen molar-refractivity contribution in [2.24, 2.45) is 0 Å². The van der Waals surface area contributed by atoms with Gasteiger partial charge in [-0.05, 0) is 53.4 Å². The van der Waals surface area contributed by atoms with Crippen molar-refractivity contribution in [1.82, 2.24) is 4.67 Å². The molecule has 1 fully saturated rings. The van der Waals surface area contributed by atoms with E-state index in [0.29, 0.717) is 0 Å². The van der Waals surface area contributed by atoms with Crippen LogP contribution in [-0.4, -0.2) is 16.0 Å². The van der Waals surface area contributed by atoms with Gasteiger partial charge in [0.15, 0.2) is 23.4 Å². The summed E-state index contributed by atoms with van der Waals surface area (Å²) >= 11 is 0. The van der Waals surface area contributed by atoms with Crippen molar-refractivity contribution >= 4 is 42.1 Å². The summed E-state index contributed by atoms with van der Waals surface area (Å²) in [7, 11) is -1.48. The molecule has 2 aliphatic rings. The molecular weight excluding hydrogens is 648 g/mol. The Morgan fingerprint density at radius 3 is 1.43 bits per heavy atom. The maximum atomic E-state index is 2.75. The van der Waals surface area contributed by atoms with Crippen LogP contribution in [0.15, 0.2) is 175 Å². The van der Waals surface area contributed by atoms with Crippen LogP contribution < -0.4 is 21.2 Å². The van der Waals surface area contributed by atoms with E-state index in [4.69, 9.17) is 0 Å². The summed E-state index contributed by atoms with van der Waals surface area (Å²) in [6, 6.07) is 55.4. The normalized spacial score (nSPS) is 14.3. The van der Waals surface area contributed by atoms with Crippen LogP contribution in [0.4, 0.5) is 0 Å². The van der Waals surface area contributed by atoms with E-state index in [0.717, 1.165) is 6.54 Å². The van der Waals surface area contributed by atoms with E-state index >= 15 is 0 Å². The minimum Gasteiger partial charge on any atom is -0.263 e. The molecule has 0 spiro atoms. The Labute approximate surface area is 295 Å². The van der Waals surface area contributed by atoms with E-state index in [1.54, 1.807) is 0 Å². The predicted molar refractivity (Wildman–Crippen MR) is 205 cm³/mol. The van der Waals surface area contributed by atoms with Gasteiger partial charge >= 0.3 is 0 Å². The van der Waals surface area contributed by atoms with Gasteiger partial charge in [0, 0.05) is 43.3 Å². The predicted octanol–water partition coefficient (Wildman–Crippen LogP) is 9.67. The Hall–Kier alpha value is -3.34. The number of hydrogen-bond acceptors (Lipinski definition) is 1. The van der Waals surface area contributed by atoms with E-state index < -0.39 is 15.6 Å². The Morgan fingerprint density at radius 1 is 0.574 bits per heavy atom. The molecule has 1 nitrogen and oxygen atoms in total. The fourth-order valence-electron chi connectivity index (χ4n) is 6.34. The SMILES string of the molecule is C1CCCC1.C[C@@H](C1=CC=CC1=[P+](c1ccccc1)c1ccccc1)N(Cc1ccccc1)P(c1ccccc1)c1ccccc1.[Fe]. The molecule has 0 aliphatic heterocycles. The number of hydrogen-bond donors (Lipinski definition) is 0. The quantitative estimate of drug-likeness (QED) is 0.110. The fraction of sp³-hybridized carbons (Fsp3) is 0.186. The summed E-state index contributed by atoms with van der Waals surface area (Å²) in [5.74, 6) is 0. The van der Waals surface area contributed by atoms with Crippen LogP contribution in [0.3, 0.4) is 0 Å². The molecule has 1 saturated carbocycles. The molecule has 5 aromatic carbocycles. The second-order valence-electron chi connectivity index (χ2n) is 11.9. The van der Waals surface area contributed by atoms with Crippen LogP contribution in [0.5, 0.6) is 0 Å². The van der Waals surface area contributed by atoms with Crippen LogP contribution in [0.1, 0.15) is 44.6 Å². The first-order chi connectivity index (χ1) is 22.8. The van der Waals surface area contributed by atoms with Gasteiger partial charge < -0.3 is 0 Å². The Bertz CT molecular complexity index is 1640. The van der Waals surface area contributed by atoms with E-state index in [1.807, 2.05) is 0 Å². The molecule has 0 N–H and O–H groups in total. The molecule has 47 heavy (non-hydrogen) atoms. The monoisotopic (exact) mass is 692 g/mol. The second kappa shape index (κ2) is 18.3. The summed E-state index contributed by atoms with van der Waals surface area (Å²) in [4.78, 5) is 0. The van der Waals surface area contributed by atoms with E-state index in [-0.39, 0.29) is 23.1 Å². The van der Waals surface area contributed by atoms with Gasteiger partial charge in [0.25, 0.3) is 0 Å². The molecule has 1 atom stereocenters. The number of nitrogens with zero attached hydrogens (tertiary/aromatic N) is 1. The first-order valence-electron chi connectivity index (χ1n) is 16.7. The van der Waals surface area contributed by atoms with E-state index in [9.17, 15) is 0 Å². The van der Waals surface area contributed by atoms with Gasteiger partial charge in [0.1, 0.15) is 0 Å². The summed E-state index contributed by atoms with van der Waals surface area (Å²) in [5, 5.41) is 6.96. The molecule has 0 radical (unpaired) electrons. The topological polar surface area (TPSA) is 3.24 Å². The van der Waals surface area contributed by atoms with E-state index in [2.05, 4.69) is 181 Å². The van der Waals surface area contributed by atoms with Crippen molar-refractivity contribution in [3.63, 3.8) is 0 Å².